The number of halogens is 1. The highest BCUT2D eigenvalue weighted by molar-refractivity contribution is 9.10. The third-order valence-electron chi connectivity index (χ3n) is 3.12. The molecule has 2 aromatic heterocycles. The maximum Gasteiger partial charge on any atom is 0.134 e. The molecule has 1 unspecified atom stereocenters. The minimum absolute atomic E-state index is 0.200. The lowest BCUT2D eigenvalue weighted by atomic mass is 10.2. The molecule has 2 nitrogen and oxygen atoms in total. The SMILES string of the molecule is CC(NCc1ccsc1)c1cc2cc(Br)ccc2o1. The van der Waals surface area contributed by atoms with Crippen LogP contribution >= 0.6 is 27.3 Å². The van der Waals surface area contributed by atoms with Crippen molar-refractivity contribution in [3.05, 3.63) is 56.9 Å². The summed E-state index contributed by atoms with van der Waals surface area (Å²) in [6, 6.07) is 10.5. The van der Waals surface area contributed by atoms with E-state index in [4.69, 9.17) is 4.42 Å². The molecule has 4 heteroatoms. The second-order valence-corrected chi connectivity index (χ2v) is 6.26. The molecule has 0 radical (unpaired) electrons. The van der Waals surface area contributed by atoms with E-state index >= 15 is 0 Å². The van der Waals surface area contributed by atoms with Crippen molar-refractivity contribution in [2.45, 2.75) is 19.5 Å². The first kappa shape index (κ1) is 12.9. The zero-order valence-corrected chi connectivity index (χ0v) is 12.9. The smallest absolute Gasteiger partial charge is 0.134 e. The molecule has 0 saturated heterocycles. The van der Waals surface area contributed by atoms with Crippen LogP contribution in [-0.2, 0) is 6.54 Å². The van der Waals surface area contributed by atoms with Crippen molar-refractivity contribution in [3.63, 3.8) is 0 Å². The van der Waals surface area contributed by atoms with Crippen molar-refractivity contribution in [1.29, 1.82) is 0 Å². The number of furan rings is 1. The van der Waals surface area contributed by atoms with Crippen LogP contribution in [0.2, 0.25) is 0 Å². The summed E-state index contributed by atoms with van der Waals surface area (Å²) in [5.74, 6) is 0.975. The molecule has 3 rings (SSSR count). The number of nitrogens with one attached hydrogen (secondary N) is 1. The van der Waals surface area contributed by atoms with Crippen molar-refractivity contribution in [3.8, 4) is 0 Å². The van der Waals surface area contributed by atoms with Gasteiger partial charge in [-0.3, -0.25) is 0 Å². The van der Waals surface area contributed by atoms with Crippen molar-refractivity contribution >= 4 is 38.2 Å². The summed E-state index contributed by atoms with van der Waals surface area (Å²) < 4.78 is 6.95. The number of thiophene rings is 1. The molecule has 0 bridgehead atoms. The van der Waals surface area contributed by atoms with Crippen LogP contribution in [0.3, 0.4) is 0 Å². The van der Waals surface area contributed by atoms with E-state index < -0.39 is 0 Å². The predicted octanol–water partition coefficient (Wildman–Crippen LogP) is 5.11. The third-order valence-corrected chi connectivity index (χ3v) is 4.34. The summed E-state index contributed by atoms with van der Waals surface area (Å²) in [6.07, 6.45) is 0. The molecule has 0 aliphatic carbocycles. The highest BCUT2D eigenvalue weighted by Crippen LogP contribution is 2.26. The molecular weight excluding hydrogens is 322 g/mol. The summed E-state index contributed by atoms with van der Waals surface area (Å²) in [6.45, 7) is 2.99. The Bertz CT molecular complexity index is 675. The molecule has 1 N–H and O–H groups in total. The van der Waals surface area contributed by atoms with Crippen molar-refractivity contribution in [2.24, 2.45) is 0 Å². The molecule has 1 aromatic carbocycles. The van der Waals surface area contributed by atoms with Gasteiger partial charge in [-0.1, -0.05) is 15.9 Å². The number of rotatable bonds is 4. The fraction of sp³-hybridized carbons (Fsp3) is 0.200. The highest BCUT2D eigenvalue weighted by Gasteiger charge is 2.11. The standard InChI is InChI=1S/C15H14BrNOS/c1-10(17-8-11-4-5-19-9-11)15-7-12-6-13(16)2-3-14(12)18-15/h2-7,9-10,17H,8H2,1H3. The number of hydrogen-bond donors (Lipinski definition) is 1. The molecule has 98 valence electrons. The average molecular weight is 336 g/mol. The van der Waals surface area contributed by atoms with Gasteiger partial charge < -0.3 is 9.73 Å². The molecule has 0 amide bonds. The van der Waals surface area contributed by atoms with E-state index in [1.807, 2.05) is 12.1 Å². The van der Waals surface area contributed by atoms with E-state index in [9.17, 15) is 0 Å². The molecule has 19 heavy (non-hydrogen) atoms. The topological polar surface area (TPSA) is 25.2 Å². The fourth-order valence-corrected chi connectivity index (χ4v) is 3.06. The molecule has 0 saturated carbocycles. The van der Waals surface area contributed by atoms with Gasteiger partial charge in [0.05, 0.1) is 6.04 Å². The van der Waals surface area contributed by atoms with Gasteiger partial charge in [0, 0.05) is 16.4 Å². The lowest BCUT2D eigenvalue weighted by molar-refractivity contribution is 0.451. The van der Waals surface area contributed by atoms with E-state index in [0.29, 0.717) is 0 Å². The molecule has 1 atom stereocenters. The first-order valence-corrected chi connectivity index (χ1v) is 7.89. The van der Waals surface area contributed by atoms with Crippen LogP contribution in [0.25, 0.3) is 11.0 Å². The predicted molar refractivity (Wildman–Crippen MR) is 83.5 cm³/mol. The van der Waals surface area contributed by atoms with Crippen LogP contribution in [0.5, 0.6) is 0 Å². The van der Waals surface area contributed by atoms with E-state index in [2.05, 4.69) is 57.1 Å². The number of benzene rings is 1. The van der Waals surface area contributed by atoms with Gasteiger partial charge >= 0.3 is 0 Å². The van der Waals surface area contributed by atoms with Crippen LogP contribution in [0.4, 0.5) is 0 Å². The van der Waals surface area contributed by atoms with E-state index in [1.165, 1.54) is 5.56 Å². The summed E-state index contributed by atoms with van der Waals surface area (Å²) in [4.78, 5) is 0. The molecule has 0 aliphatic rings. The maximum atomic E-state index is 5.87. The quantitative estimate of drug-likeness (QED) is 0.716. The Morgan fingerprint density at radius 2 is 2.21 bits per heavy atom. The van der Waals surface area contributed by atoms with Gasteiger partial charge in [0.25, 0.3) is 0 Å². The van der Waals surface area contributed by atoms with Gasteiger partial charge in [-0.15, -0.1) is 0 Å². The zero-order chi connectivity index (χ0) is 13.2. The highest BCUT2D eigenvalue weighted by atomic mass is 79.9. The van der Waals surface area contributed by atoms with Crippen molar-refractivity contribution in [1.82, 2.24) is 5.32 Å². The Morgan fingerprint density at radius 3 is 3.00 bits per heavy atom. The van der Waals surface area contributed by atoms with Crippen LogP contribution in [0, 0.1) is 0 Å². The Hall–Kier alpha value is -1.10. The average Bonchev–Trinajstić information content (AvgIpc) is 3.04. The first-order chi connectivity index (χ1) is 9.22. The summed E-state index contributed by atoms with van der Waals surface area (Å²) in [7, 11) is 0. The Balaban J connectivity index is 1.75. The summed E-state index contributed by atoms with van der Waals surface area (Å²) in [5, 5.41) is 8.87. The molecule has 0 fully saturated rings. The molecule has 2 heterocycles. The van der Waals surface area contributed by atoms with Gasteiger partial charge in [-0.2, -0.15) is 11.3 Å². The van der Waals surface area contributed by atoms with Crippen LogP contribution in [0.1, 0.15) is 24.3 Å². The minimum atomic E-state index is 0.200. The van der Waals surface area contributed by atoms with E-state index in [-0.39, 0.29) is 6.04 Å². The molecule has 0 spiro atoms. The van der Waals surface area contributed by atoms with Gasteiger partial charge in [0.15, 0.2) is 0 Å². The number of fused-ring (bicyclic) bond motifs is 1. The summed E-state index contributed by atoms with van der Waals surface area (Å²) in [5.41, 5.74) is 2.25. The lowest BCUT2D eigenvalue weighted by Crippen LogP contribution is -2.17. The van der Waals surface area contributed by atoms with Gasteiger partial charge in [-0.25, -0.2) is 0 Å². The normalized spacial score (nSPS) is 12.9. The Labute approximate surface area is 124 Å². The second-order valence-electron chi connectivity index (χ2n) is 4.57. The van der Waals surface area contributed by atoms with E-state index in [1.54, 1.807) is 11.3 Å². The van der Waals surface area contributed by atoms with Crippen molar-refractivity contribution in [2.75, 3.05) is 0 Å². The summed E-state index contributed by atoms with van der Waals surface area (Å²) >= 11 is 5.20. The molecule has 3 aromatic rings. The second kappa shape index (κ2) is 5.49. The lowest BCUT2D eigenvalue weighted by Gasteiger charge is -2.09. The van der Waals surface area contributed by atoms with Crippen molar-refractivity contribution < 1.29 is 4.42 Å². The maximum absolute atomic E-state index is 5.87. The zero-order valence-electron chi connectivity index (χ0n) is 10.5. The Kier molecular flexibility index (Phi) is 3.73. The first-order valence-electron chi connectivity index (χ1n) is 6.16. The van der Waals surface area contributed by atoms with Gasteiger partial charge in [0.1, 0.15) is 11.3 Å². The van der Waals surface area contributed by atoms with Gasteiger partial charge in [0.2, 0.25) is 0 Å². The molecule has 0 aliphatic heterocycles. The number of hydrogen-bond acceptors (Lipinski definition) is 3. The van der Waals surface area contributed by atoms with Gasteiger partial charge in [-0.05, 0) is 53.6 Å². The largest absolute Gasteiger partial charge is 0.459 e. The van der Waals surface area contributed by atoms with Crippen LogP contribution in [-0.4, -0.2) is 0 Å². The fourth-order valence-electron chi connectivity index (χ4n) is 2.01. The van der Waals surface area contributed by atoms with E-state index in [0.717, 1.165) is 27.7 Å². The Morgan fingerprint density at radius 1 is 1.32 bits per heavy atom. The van der Waals surface area contributed by atoms with Crippen LogP contribution in [0.15, 0.2) is 50.0 Å². The minimum Gasteiger partial charge on any atom is -0.459 e. The van der Waals surface area contributed by atoms with Crippen LogP contribution < -0.4 is 5.32 Å². The third kappa shape index (κ3) is 2.91. The molecular formula is C15H14BrNOS. The monoisotopic (exact) mass is 335 g/mol.